The molecule has 0 saturated carbocycles. The first-order chi connectivity index (χ1) is 7.13. The fraction of sp³-hybridized carbons (Fsp3) is 0.455. The van der Waals surface area contributed by atoms with E-state index < -0.39 is 0 Å². The van der Waals surface area contributed by atoms with E-state index in [-0.39, 0.29) is 6.10 Å². The highest BCUT2D eigenvalue weighted by Crippen LogP contribution is 2.28. The summed E-state index contributed by atoms with van der Waals surface area (Å²) in [5.41, 5.74) is 0. The molecule has 1 aromatic carbocycles. The highest BCUT2D eigenvalue weighted by atomic mass is 79.9. The summed E-state index contributed by atoms with van der Waals surface area (Å²) in [5, 5.41) is 0.664. The largest absolute Gasteiger partial charge is 0.490 e. The molecule has 0 saturated heterocycles. The Balaban J connectivity index is 2.53. The lowest BCUT2D eigenvalue weighted by Gasteiger charge is -2.14. The number of rotatable bonds is 5. The van der Waals surface area contributed by atoms with E-state index in [1.807, 2.05) is 26.0 Å². The topological polar surface area (TPSA) is 18.5 Å². The van der Waals surface area contributed by atoms with Crippen LogP contribution < -0.4 is 4.74 Å². The molecule has 84 valence electrons. The van der Waals surface area contributed by atoms with Gasteiger partial charge < -0.3 is 9.47 Å². The lowest BCUT2D eigenvalue weighted by atomic mass is 10.3. The zero-order valence-corrected chi connectivity index (χ0v) is 11.1. The minimum Gasteiger partial charge on any atom is -0.490 e. The van der Waals surface area contributed by atoms with E-state index in [2.05, 4.69) is 15.9 Å². The van der Waals surface area contributed by atoms with Gasteiger partial charge in [-0.3, -0.25) is 0 Å². The molecule has 0 aliphatic rings. The summed E-state index contributed by atoms with van der Waals surface area (Å²) in [6.45, 7) is 5.15. The Labute approximate surface area is 104 Å². The normalized spacial score (nSPS) is 12.5. The van der Waals surface area contributed by atoms with Crippen LogP contribution >= 0.6 is 27.5 Å². The molecule has 1 rings (SSSR count). The maximum absolute atomic E-state index is 5.86. The zero-order chi connectivity index (χ0) is 11.3. The van der Waals surface area contributed by atoms with Crippen LogP contribution in [0.4, 0.5) is 0 Å². The smallest absolute Gasteiger partial charge is 0.135 e. The molecular formula is C11H14BrClO2. The third-order valence-electron chi connectivity index (χ3n) is 1.82. The molecule has 0 aliphatic heterocycles. The molecule has 0 bridgehead atoms. The molecule has 4 heteroatoms. The fourth-order valence-electron chi connectivity index (χ4n) is 1.13. The molecule has 15 heavy (non-hydrogen) atoms. The van der Waals surface area contributed by atoms with Gasteiger partial charge in [-0.15, -0.1) is 0 Å². The third kappa shape index (κ3) is 4.41. The van der Waals surface area contributed by atoms with Gasteiger partial charge in [0.15, 0.2) is 0 Å². The molecule has 1 atom stereocenters. The first-order valence-electron chi connectivity index (χ1n) is 4.83. The van der Waals surface area contributed by atoms with Gasteiger partial charge in [-0.25, -0.2) is 0 Å². The highest BCUT2D eigenvalue weighted by Gasteiger charge is 2.05. The summed E-state index contributed by atoms with van der Waals surface area (Å²) in [6.07, 6.45) is 0.0841. The second-order valence-corrected chi connectivity index (χ2v) is 4.44. The van der Waals surface area contributed by atoms with Gasteiger partial charge in [0.25, 0.3) is 0 Å². The maximum Gasteiger partial charge on any atom is 0.135 e. The number of hydrogen-bond acceptors (Lipinski definition) is 2. The number of hydrogen-bond donors (Lipinski definition) is 0. The van der Waals surface area contributed by atoms with E-state index in [4.69, 9.17) is 21.1 Å². The van der Waals surface area contributed by atoms with Crippen molar-refractivity contribution in [2.45, 2.75) is 20.0 Å². The Morgan fingerprint density at radius 2 is 2.20 bits per heavy atom. The number of benzene rings is 1. The monoisotopic (exact) mass is 292 g/mol. The van der Waals surface area contributed by atoms with Crippen LogP contribution in [0, 0.1) is 0 Å². The first-order valence-corrected chi connectivity index (χ1v) is 6.00. The molecule has 0 aromatic heterocycles. The highest BCUT2D eigenvalue weighted by molar-refractivity contribution is 9.10. The standard InChI is InChI=1S/C11H14BrClO2/c1-3-14-8(2)7-15-11-6-9(13)4-5-10(11)12/h4-6,8H,3,7H2,1-2H3. The minimum atomic E-state index is 0.0841. The third-order valence-corrected chi connectivity index (χ3v) is 2.71. The van der Waals surface area contributed by atoms with Gasteiger partial charge in [0.1, 0.15) is 12.4 Å². The van der Waals surface area contributed by atoms with Crippen LogP contribution in [0.15, 0.2) is 22.7 Å². The summed E-state index contributed by atoms with van der Waals surface area (Å²) >= 11 is 9.26. The lowest BCUT2D eigenvalue weighted by Crippen LogP contribution is -2.17. The Morgan fingerprint density at radius 3 is 2.87 bits per heavy atom. The molecular weight excluding hydrogens is 279 g/mol. The van der Waals surface area contributed by atoms with Crippen molar-refractivity contribution in [1.82, 2.24) is 0 Å². The minimum absolute atomic E-state index is 0.0841. The summed E-state index contributed by atoms with van der Waals surface area (Å²) in [6, 6.07) is 5.46. The van der Waals surface area contributed by atoms with Crippen LogP contribution in [0.3, 0.4) is 0 Å². The molecule has 0 heterocycles. The molecule has 0 N–H and O–H groups in total. The van der Waals surface area contributed by atoms with E-state index >= 15 is 0 Å². The van der Waals surface area contributed by atoms with E-state index in [1.54, 1.807) is 6.07 Å². The van der Waals surface area contributed by atoms with E-state index in [0.29, 0.717) is 18.2 Å². The van der Waals surface area contributed by atoms with Gasteiger partial charge >= 0.3 is 0 Å². The first kappa shape index (κ1) is 12.8. The second-order valence-electron chi connectivity index (χ2n) is 3.15. The van der Waals surface area contributed by atoms with E-state index in [9.17, 15) is 0 Å². The van der Waals surface area contributed by atoms with Crippen LogP contribution in [-0.4, -0.2) is 19.3 Å². The predicted molar refractivity (Wildman–Crippen MR) is 65.7 cm³/mol. The van der Waals surface area contributed by atoms with Crippen molar-refractivity contribution in [3.8, 4) is 5.75 Å². The van der Waals surface area contributed by atoms with Crippen molar-refractivity contribution in [2.24, 2.45) is 0 Å². The fourth-order valence-corrected chi connectivity index (χ4v) is 1.65. The van der Waals surface area contributed by atoms with Crippen LogP contribution in [0.25, 0.3) is 0 Å². The van der Waals surface area contributed by atoms with E-state index in [1.165, 1.54) is 0 Å². The van der Waals surface area contributed by atoms with Crippen molar-refractivity contribution in [3.63, 3.8) is 0 Å². The van der Waals surface area contributed by atoms with Crippen molar-refractivity contribution in [1.29, 1.82) is 0 Å². The molecule has 0 fully saturated rings. The van der Waals surface area contributed by atoms with Crippen molar-refractivity contribution in [2.75, 3.05) is 13.2 Å². The Bertz CT molecular complexity index is 317. The zero-order valence-electron chi connectivity index (χ0n) is 8.80. The maximum atomic E-state index is 5.86. The van der Waals surface area contributed by atoms with Crippen LogP contribution in [0.1, 0.15) is 13.8 Å². The lowest BCUT2D eigenvalue weighted by molar-refractivity contribution is 0.0400. The Morgan fingerprint density at radius 1 is 1.47 bits per heavy atom. The van der Waals surface area contributed by atoms with Gasteiger partial charge in [0, 0.05) is 11.6 Å². The number of halogens is 2. The molecule has 0 spiro atoms. The molecule has 0 aliphatic carbocycles. The SMILES string of the molecule is CCOC(C)COc1cc(Cl)ccc1Br. The van der Waals surface area contributed by atoms with Gasteiger partial charge in [0.05, 0.1) is 10.6 Å². The Kier molecular flexibility index (Phi) is 5.43. The average molecular weight is 294 g/mol. The molecule has 1 aromatic rings. The van der Waals surface area contributed by atoms with Crippen LogP contribution in [0.2, 0.25) is 5.02 Å². The molecule has 0 amide bonds. The van der Waals surface area contributed by atoms with Gasteiger partial charge in [0.2, 0.25) is 0 Å². The van der Waals surface area contributed by atoms with Crippen LogP contribution in [0.5, 0.6) is 5.75 Å². The van der Waals surface area contributed by atoms with Crippen molar-refractivity contribution in [3.05, 3.63) is 27.7 Å². The summed E-state index contributed by atoms with van der Waals surface area (Å²) in [7, 11) is 0. The molecule has 0 radical (unpaired) electrons. The Hall–Kier alpha value is -0.250. The number of ether oxygens (including phenoxy) is 2. The van der Waals surface area contributed by atoms with Gasteiger partial charge in [-0.2, -0.15) is 0 Å². The second kappa shape index (κ2) is 6.36. The molecule has 1 unspecified atom stereocenters. The quantitative estimate of drug-likeness (QED) is 0.819. The van der Waals surface area contributed by atoms with E-state index in [0.717, 1.165) is 10.2 Å². The summed E-state index contributed by atoms with van der Waals surface area (Å²) in [4.78, 5) is 0. The van der Waals surface area contributed by atoms with Gasteiger partial charge in [-0.05, 0) is 48.0 Å². The van der Waals surface area contributed by atoms with Crippen molar-refractivity contribution >= 4 is 27.5 Å². The summed E-state index contributed by atoms with van der Waals surface area (Å²) < 4.78 is 11.8. The predicted octanol–water partition coefficient (Wildman–Crippen LogP) is 3.91. The van der Waals surface area contributed by atoms with Crippen LogP contribution in [-0.2, 0) is 4.74 Å². The van der Waals surface area contributed by atoms with Crippen molar-refractivity contribution < 1.29 is 9.47 Å². The average Bonchev–Trinajstić information content (AvgIpc) is 2.20. The van der Waals surface area contributed by atoms with Gasteiger partial charge in [-0.1, -0.05) is 11.6 Å². The summed E-state index contributed by atoms with van der Waals surface area (Å²) in [5.74, 6) is 0.744. The molecule has 2 nitrogen and oxygen atoms in total.